The molecule has 0 aromatic heterocycles. The highest BCUT2D eigenvalue weighted by Gasteiger charge is 2.18. The Hall–Kier alpha value is -0.770. The van der Waals surface area contributed by atoms with E-state index < -0.39 is 5.60 Å². The molecule has 2 unspecified atom stereocenters. The van der Waals surface area contributed by atoms with E-state index in [4.69, 9.17) is 4.74 Å². The second kappa shape index (κ2) is 10.0. The highest BCUT2D eigenvalue weighted by molar-refractivity contribution is 5.67. The number of unbranched alkanes of at least 4 members (excludes halogenated alkanes) is 1. The van der Waals surface area contributed by atoms with Crippen molar-refractivity contribution >= 4 is 6.09 Å². The minimum absolute atomic E-state index is 0.311. The van der Waals surface area contributed by atoms with Crippen LogP contribution in [0.15, 0.2) is 0 Å². The lowest BCUT2D eigenvalue weighted by atomic mass is 10.0. The molecule has 0 aliphatic rings. The van der Waals surface area contributed by atoms with Crippen LogP contribution in [0.4, 0.5) is 4.79 Å². The molecule has 4 heteroatoms. The molecule has 21 heavy (non-hydrogen) atoms. The molecule has 0 radical (unpaired) electrons. The minimum atomic E-state index is -0.443. The first-order chi connectivity index (χ1) is 9.64. The maximum absolute atomic E-state index is 11.7. The van der Waals surface area contributed by atoms with Gasteiger partial charge < -0.3 is 15.4 Å². The zero-order valence-electron chi connectivity index (χ0n) is 15.1. The predicted octanol–water partition coefficient (Wildman–Crippen LogP) is 4.09. The molecule has 0 heterocycles. The molecule has 2 atom stereocenters. The number of amides is 1. The van der Waals surface area contributed by atoms with Gasteiger partial charge in [-0.15, -0.1) is 0 Å². The van der Waals surface area contributed by atoms with Gasteiger partial charge in [0, 0.05) is 18.6 Å². The van der Waals surface area contributed by atoms with Gasteiger partial charge in [-0.2, -0.15) is 0 Å². The van der Waals surface area contributed by atoms with Gasteiger partial charge in [0.1, 0.15) is 5.60 Å². The monoisotopic (exact) mass is 300 g/mol. The fourth-order valence-corrected chi connectivity index (χ4v) is 2.39. The van der Waals surface area contributed by atoms with E-state index in [2.05, 4.69) is 38.3 Å². The van der Waals surface area contributed by atoms with Gasteiger partial charge in [-0.25, -0.2) is 4.79 Å². The molecule has 0 aliphatic carbocycles. The highest BCUT2D eigenvalue weighted by Crippen LogP contribution is 2.09. The number of hydrogen-bond donors (Lipinski definition) is 2. The highest BCUT2D eigenvalue weighted by atomic mass is 16.6. The summed E-state index contributed by atoms with van der Waals surface area (Å²) in [7, 11) is 0. The van der Waals surface area contributed by atoms with Crippen molar-refractivity contribution in [2.24, 2.45) is 5.92 Å². The average molecular weight is 300 g/mol. The van der Waals surface area contributed by atoms with Crippen molar-refractivity contribution < 1.29 is 9.53 Å². The lowest BCUT2D eigenvalue weighted by Crippen LogP contribution is -2.46. The number of rotatable bonds is 9. The quantitative estimate of drug-likeness (QED) is 0.674. The maximum atomic E-state index is 11.7. The van der Waals surface area contributed by atoms with Crippen LogP contribution >= 0.6 is 0 Å². The molecule has 0 aromatic rings. The maximum Gasteiger partial charge on any atom is 0.407 e. The molecule has 0 saturated heterocycles. The normalized spacial score (nSPS) is 14.9. The number of nitrogens with one attached hydrogen (secondary N) is 2. The van der Waals surface area contributed by atoms with Crippen LogP contribution in [0.2, 0.25) is 0 Å². The van der Waals surface area contributed by atoms with Gasteiger partial charge in [0.25, 0.3) is 0 Å². The molecule has 0 aliphatic heterocycles. The second-order valence-electron chi connectivity index (χ2n) is 7.42. The SMILES string of the molecule is CCCCC(CNC(=O)OC(C)(C)C)NC(C)CC(C)C. The molecule has 2 N–H and O–H groups in total. The smallest absolute Gasteiger partial charge is 0.407 e. The fourth-order valence-electron chi connectivity index (χ4n) is 2.39. The van der Waals surface area contributed by atoms with Gasteiger partial charge in [-0.1, -0.05) is 33.6 Å². The summed E-state index contributed by atoms with van der Waals surface area (Å²) in [4.78, 5) is 11.7. The number of hydrogen-bond acceptors (Lipinski definition) is 3. The Morgan fingerprint density at radius 3 is 2.29 bits per heavy atom. The van der Waals surface area contributed by atoms with E-state index in [0.29, 0.717) is 24.5 Å². The van der Waals surface area contributed by atoms with Gasteiger partial charge in [0.05, 0.1) is 0 Å². The van der Waals surface area contributed by atoms with Gasteiger partial charge in [0.2, 0.25) is 0 Å². The first-order valence-corrected chi connectivity index (χ1v) is 8.37. The lowest BCUT2D eigenvalue weighted by Gasteiger charge is -2.26. The van der Waals surface area contributed by atoms with E-state index in [1.165, 1.54) is 12.8 Å². The van der Waals surface area contributed by atoms with Crippen molar-refractivity contribution in [1.29, 1.82) is 0 Å². The molecule has 0 fully saturated rings. The van der Waals surface area contributed by atoms with E-state index in [9.17, 15) is 4.79 Å². The van der Waals surface area contributed by atoms with E-state index in [1.54, 1.807) is 0 Å². The van der Waals surface area contributed by atoms with E-state index >= 15 is 0 Å². The Morgan fingerprint density at radius 2 is 1.81 bits per heavy atom. The Labute approximate surface area is 131 Å². The Bertz CT molecular complexity index is 285. The molecular weight excluding hydrogens is 264 g/mol. The third kappa shape index (κ3) is 12.7. The van der Waals surface area contributed by atoms with Crippen LogP contribution in [-0.2, 0) is 4.74 Å². The molecule has 0 saturated carbocycles. The van der Waals surface area contributed by atoms with Crippen LogP contribution in [0.3, 0.4) is 0 Å². The molecule has 0 rings (SSSR count). The summed E-state index contributed by atoms with van der Waals surface area (Å²) in [5, 5.41) is 6.51. The summed E-state index contributed by atoms with van der Waals surface area (Å²) in [5.41, 5.74) is -0.443. The van der Waals surface area contributed by atoms with Crippen molar-refractivity contribution in [3.8, 4) is 0 Å². The summed E-state index contributed by atoms with van der Waals surface area (Å²) in [6, 6.07) is 0.776. The second-order valence-corrected chi connectivity index (χ2v) is 7.42. The average Bonchev–Trinajstić information content (AvgIpc) is 2.29. The molecule has 0 bridgehead atoms. The van der Waals surface area contributed by atoms with Gasteiger partial charge in [-0.3, -0.25) is 0 Å². The van der Waals surface area contributed by atoms with Crippen molar-refractivity contribution in [3.05, 3.63) is 0 Å². The Morgan fingerprint density at radius 1 is 1.19 bits per heavy atom. The topological polar surface area (TPSA) is 50.4 Å². The number of ether oxygens (including phenoxy) is 1. The molecule has 0 spiro atoms. The zero-order chi connectivity index (χ0) is 16.5. The standard InChI is InChI=1S/C17H36N2O2/c1-8-9-10-15(19-14(4)11-13(2)3)12-18-16(20)21-17(5,6)7/h13-15,19H,8-12H2,1-7H3,(H,18,20). The summed E-state index contributed by atoms with van der Waals surface area (Å²) in [6.07, 6.45) is 4.23. The summed E-state index contributed by atoms with van der Waals surface area (Å²) >= 11 is 0. The largest absolute Gasteiger partial charge is 0.444 e. The summed E-state index contributed by atoms with van der Waals surface area (Å²) in [5.74, 6) is 0.679. The van der Waals surface area contributed by atoms with Crippen LogP contribution < -0.4 is 10.6 Å². The van der Waals surface area contributed by atoms with Gasteiger partial charge >= 0.3 is 6.09 Å². The van der Waals surface area contributed by atoms with Crippen molar-refractivity contribution in [1.82, 2.24) is 10.6 Å². The molecule has 4 nitrogen and oxygen atoms in total. The van der Waals surface area contributed by atoms with Crippen molar-refractivity contribution in [2.45, 2.75) is 91.8 Å². The number of carbonyl (C=O) groups excluding carboxylic acids is 1. The van der Waals surface area contributed by atoms with Crippen LogP contribution in [-0.4, -0.2) is 30.3 Å². The Balaban J connectivity index is 4.25. The molecule has 126 valence electrons. The van der Waals surface area contributed by atoms with E-state index in [1.807, 2.05) is 20.8 Å². The zero-order valence-corrected chi connectivity index (χ0v) is 15.1. The van der Waals surface area contributed by atoms with Crippen molar-refractivity contribution in [3.63, 3.8) is 0 Å². The molecular formula is C17H36N2O2. The Kier molecular flexibility index (Phi) is 9.67. The van der Waals surface area contributed by atoms with Gasteiger partial charge in [0.15, 0.2) is 0 Å². The van der Waals surface area contributed by atoms with Crippen molar-refractivity contribution in [2.75, 3.05) is 6.54 Å². The van der Waals surface area contributed by atoms with E-state index in [0.717, 1.165) is 12.8 Å². The van der Waals surface area contributed by atoms with Crippen LogP contribution in [0.25, 0.3) is 0 Å². The fraction of sp³-hybridized carbons (Fsp3) is 0.941. The van der Waals surface area contributed by atoms with Gasteiger partial charge in [-0.05, 0) is 46.5 Å². The number of alkyl carbamates (subject to hydrolysis) is 1. The minimum Gasteiger partial charge on any atom is -0.444 e. The first-order valence-electron chi connectivity index (χ1n) is 8.37. The number of carbonyl (C=O) groups is 1. The third-order valence-electron chi connectivity index (χ3n) is 3.14. The lowest BCUT2D eigenvalue weighted by molar-refractivity contribution is 0.0520. The van der Waals surface area contributed by atoms with Crippen LogP contribution in [0.1, 0.15) is 74.1 Å². The van der Waals surface area contributed by atoms with Crippen LogP contribution in [0, 0.1) is 5.92 Å². The summed E-state index contributed by atoms with van der Waals surface area (Å²) in [6.45, 7) is 15.1. The van der Waals surface area contributed by atoms with Crippen LogP contribution in [0.5, 0.6) is 0 Å². The first kappa shape index (κ1) is 20.2. The van der Waals surface area contributed by atoms with E-state index in [-0.39, 0.29) is 6.09 Å². The predicted molar refractivity (Wildman–Crippen MR) is 89.6 cm³/mol. The molecule has 0 aromatic carbocycles. The molecule has 1 amide bonds. The third-order valence-corrected chi connectivity index (χ3v) is 3.14. The summed E-state index contributed by atoms with van der Waals surface area (Å²) < 4.78 is 5.28.